The van der Waals surface area contributed by atoms with Crippen LogP contribution in [-0.2, 0) is 16.1 Å². The van der Waals surface area contributed by atoms with Crippen molar-refractivity contribution in [3.63, 3.8) is 0 Å². The number of carbonyl (C=O) groups excluding carboxylic acids is 2. The zero-order chi connectivity index (χ0) is 25.8. The number of aliphatic hydroxyl groups is 1. The van der Waals surface area contributed by atoms with Gasteiger partial charge in [-0.1, -0.05) is 36.4 Å². The van der Waals surface area contributed by atoms with Gasteiger partial charge in [0.2, 0.25) is 0 Å². The molecule has 1 aliphatic heterocycles. The predicted molar refractivity (Wildman–Crippen MR) is 136 cm³/mol. The molecule has 1 heterocycles. The molecular weight excluding hydrogens is 458 g/mol. The second-order valence-electron chi connectivity index (χ2n) is 8.72. The minimum absolute atomic E-state index is 0.00547. The first kappa shape index (κ1) is 24.9. The first-order chi connectivity index (χ1) is 17.3. The molecule has 7 heteroatoms. The Bertz CT molecular complexity index is 1310. The minimum atomic E-state index is -0.836. The van der Waals surface area contributed by atoms with E-state index < -0.39 is 17.7 Å². The predicted octanol–water partition coefficient (Wildman–Crippen LogP) is 5.11. The number of aliphatic hydroxyl groups excluding tert-OH is 1. The van der Waals surface area contributed by atoms with Gasteiger partial charge in [-0.15, -0.1) is 0 Å². The lowest BCUT2D eigenvalue weighted by Crippen LogP contribution is -2.29. The van der Waals surface area contributed by atoms with Crippen LogP contribution < -0.4 is 14.2 Å². The van der Waals surface area contributed by atoms with Crippen LogP contribution in [0.3, 0.4) is 0 Å². The molecule has 1 saturated heterocycles. The Kier molecular flexibility index (Phi) is 7.29. The molecule has 0 bridgehead atoms. The van der Waals surface area contributed by atoms with Gasteiger partial charge in [-0.2, -0.15) is 0 Å². The van der Waals surface area contributed by atoms with Crippen molar-refractivity contribution in [2.75, 3.05) is 14.2 Å². The Hall–Kier alpha value is -4.26. The average molecular weight is 488 g/mol. The van der Waals surface area contributed by atoms with E-state index in [2.05, 4.69) is 0 Å². The first-order valence-corrected chi connectivity index (χ1v) is 11.7. The van der Waals surface area contributed by atoms with E-state index in [4.69, 9.17) is 14.2 Å². The standard InChI is InChI=1S/C29H29NO6/c1-18(2)36-22-12-8-10-20(16-22)26-25(27(31)23-13-5-6-14-24(23)35-4)28(32)29(33)30(26)17-19-9-7-11-21(15-19)34-3/h5-16,18,26,31H,17H2,1-4H3/b27-25-. The number of benzene rings is 3. The molecule has 0 aromatic heterocycles. The summed E-state index contributed by atoms with van der Waals surface area (Å²) in [6.07, 6.45) is -0.0584. The second-order valence-corrected chi connectivity index (χ2v) is 8.72. The van der Waals surface area contributed by atoms with Crippen LogP contribution in [-0.4, -0.2) is 42.0 Å². The molecule has 1 aliphatic rings. The van der Waals surface area contributed by atoms with Crippen molar-refractivity contribution in [2.45, 2.75) is 32.5 Å². The summed E-state index contributed by atoms with van der Waals surface area (Å²) in [4.78, 5) is 28.2. The molecule has 186 valence electrons. The van der Waals surface area contributed by atoms with Gasteiger partial charge in [0, 0.05) is 6.54 Å². The van der Waals surface area contributed by atoms with Gasteiger partial charge in [0.25, 0.3) is 11.7 Å². The summed E-state index contributed by atoms with van der Waals surface area (Å²) < 4.78 is 16.6. The van der Waals surface area contributed by atoms with E-state index in [1.54, 1.807) is 37.4 Å². The third kappa shape index (κ3) is 4.91. The van der Waals surface area contributed by atoms with Crippen LogP contribution in [0.1, 0.15) is 36.6 Å². The number of hydrogen-bond donors (Lipinski definition) is 1. The van der Waals surface area contributed by atoms with Crippen molar-refractivity contribution in [1.82, 2.24) is 4.90 Å². The van der Waals surface area contributed by atoms with Crippen LogP contribution >= 0.6 is 0 Å². The highest BCUT2D eigenvalue weighted by Gasteiger charge is 2.46. The summed E-state index contributed by atoms with van der Waals surface area (Å²) >= 11 is 0. The molecule has 1 atom stereocenters. The SMILES string of the molecule is COc1cccc(CN2C(=O)C(=O)/C(=C(\O)c3ccccc3OC)C2c2cccc(OC(C)C)c2)c1. The maximum atomic E-state index is 13.4. The van der Waals surface area contributed by atoms with E-state index in [1.807, 2.05) is 56.3 Å². The highest BCUT2D eigenvalue weighted by Crippen LogP contribution is 2.42. The number of para-hydroxylation sites is 1. The fourth-order valence-corrected chi connectivity index (χ4v) is 4.37. The van der Waals surface area contributed by atoms with Crippen LogP contribution in [0.5, 0.6) is 17.2 Å². The number of nitrogens with zero attached hydrogens (tertiary/aromatic N) is 1. The summed E-state index contributed by atoms with van der Waals surface area (Å²) in [5, 5.41) is 11.4. The largest absolute Gasteiger partial charge is 0.507 e. The van der Waals surface area contributed by atoms with E-state index in [0.29, 0.717) is 28.4 Å². The number of amides is 1. The van der Waals surface area contributed by atoms with Crippen molar-refractivity contribution in [3.05, 3.63) is 95.1 Å². The van der Waals surface area contributed by atoms with Crippen molar-refractivity contribution in [1.29, 1.82) is 0 Å². The summed E-state index contributed by atoms with van der Waals surface area (Å²) in [5.74, 6) is -0.117. The van der Waals surface area contributed by atoms with Crippen LogP contribution in [0.4, 0.5) is 0 Å². The van der Waals surface area contributed by atoms with Crippen LogP contribution in [0, 0.1) is 0 Å². The highest BCUT2D eigenvalue weighted by molar-refractivity contribution is 6.46. The number of carbonyl (C=O) groups is 2. The first-order valence-electron chi connectivity index (χ1n) is 11.7. The minimum Gasteiger partial charge on any atom is -0.507 e. The molecule has 1 N–H and O–H groups in total. The number of rotatable bonds is 8. The molecule has 1 fully saturated rings. The van der Waals surface area contributed by atoms with Gasteiger partial charge in [0.05, 0.1) is 37.5 Å². The quantitative estimate of drug-likeness (QED) is 0.270. The molecule has 0 aliphatic carbocycles. The number of ketones is 1. The molecule has 36 heavy (non-hydrogen) atoms. The van der Waals surface area contributed by atoms with E-state index >= 15 is 0 Å². The zero-order valence-electron chi connectivity index (χ0n) is 20.7. The molecule has 0 saturated carbocycles. The summed E-state index contributed by atoms with van der Waals surface area (Å²) in [5.41, 5.74) is 1.76. The van der Waals surface area contributed by atoms with E-state index in [1.165, 1.54) is 12.0 Å². The van der Waals surface area contributed by atoms with Gasteiger partial charge in [-0.25, -0.2) is 0 Å². The average Bonchev–Trinajstić information content (AvgIpc) is 3.13. The van der Waals surface area contributed by atoms with Gasteiger partial charge in [0.1, 0.15) is 23.0 Å². The van der Waals surface area contributed by atoms with Gasteiger partial charge in [-0.05, 0) is 61.4 Å². The highest BCUT2D eigenvalue weighted by atomic mass is 16.5. The number of methoxy groups -OCH3 is 2. The Balaban J connectivity index is 1.88. The second kappa shape index (κ2) is 10.6. The number of ether oxygens (including phenoxy) is 3. The fraction of sp³-hybridized carbons (Fsp3) is 0.241. The fourth-order valence-electron chi connectivity index (χ4n) is 4.37. The van der Waals surface area contributed by atoms with Crippen LogP contribution in [0.15, 0.2) is 78.4 Å². The molecule has 3 aromatic carbocycles. The Morgan fingerprint density at radius 2 is 1.64 bits per heavy atom. The normalized spacial score (nSPS) is 16.9. The van der Waals surface area contributed by atoms with Gasteiger partial charge in [0.15, 0.2) is 0 Å². The maximum Gasteiger partial charge on any atom is 0.295 e. The monoisotopic (exact) mass is 487 g/mol. The number of likely N-dealkylation sites (tertiary alicyclic amines) is 1. The van der Waals surface area contributed by atoms with Gasteiger partial charge in [-0.3, -0.25) is 9.59 Å². The molecule has 0 spiro atoms. The van der Waals surface area contributed by atoms with Crippen LogP contribution in [0.2, 0.25) is 0 Å². The van der Waals surface area contributed by atoms with Crippen molar-refractivity contribution < 1.29 is 28.9 Å². The van der Waals surface area contributed by atoms with E-state index in [-0.39, 0.29) is 24.0 Å². The number of Topliss-reactive ketones (excluding diaryl/α,β-unsaturated/α-hetero) is 1. The topological polar surface area (TPSA) is 85.3 Å². The lowest BCUT2D eigenvalue weighted by atomic mass is 9.94. The van der Waals surface area contributed by atoms with Crippen molar-refractivity contribution >= 4 is 17.4 Å². The number of hydrogen-bond acceptors (Lipinski definition) is 6. The third-order valence-electron chi connectivity index (χ3n) is 5.93. The molecule has 7 nitrogen and oxygen atoms in total. The van der Waals surface area contributed by atoms with E-state index in [9.17, 15) is 14.7 Å². The van der Waals surface area contributed by atoms with Crippen molar-refractivity contribution in [2.24, 2.45) is 0 Å². The van der Waals surface area contributed by atoms with Crippen LogP contribution in [0.25, 0.3) is 5.76 Å². The summed E-state index contributed by atoms with van der Waals surface area (Å²) in [7, 11) is 3.05. The maximum absolute atomic E-state index is 13.4. The molecule has 4 rings (SSSR count). The lowest BCUT2D eigenvalue weighted by Gasteiger charge is -2.26. The zero-order valence-corrected chi connectivity index (χ0v) is 20.7. The molecule has 0 radical (unpaired) electrons. The summed E-state index contributed by atoms with van der Waals surface area (Å²) in [6.45, 7) is 3.98. The smallest absolute Gasteiger partial charge is 0.295 e. The third-order valence-corrected chi connectivity index (χ3v) is 5.93. The molecule has 3 aromatic rings. The van der Waals surface area contributed by atoms with Crippen molar-refractivity contribution in [3.8, 4) is 17.2 Å². The van der Waals surface area contributed by atoms with E-state index in [0.717, 1.165) is 5.56 Å². The Morgan fingerprint density at radius 1 is 0.917 bits per heavy atom. The molecule has 1 amide bonds. The van der Waals surface area contributed by atoms with Gasteiger partial charge >= 0.3 is 0 Å². The molecule has 1 unspecified atom stereocenters. The Morgan fingerprint density at radius 3 is 2.36 bits per heavy atom. The molecular formula is C29H29NO6. The Labute approximate surface area is 210 Å². The lowest BCUT2D eigenvalue weighted by molar-refractivity contribution is -0.140. The van der Waals surface area contributed by atoms with Gasteiger partial charge < -0.3 is 24.2 Å². The summed E-state index contributed by atoms with van der Waals surface area (Å²) in [6, 6.07) is 20.5.